The Morgan fingerprint density at radius 2 is 2.11 bits per heavy atom. The molecule has 0 aliphatic heterocycles. The van der Waals surface area contributed by atoms with Gasteiger partial charge in [0, 0.05) is 0 Å². The van der Waals surface area contributed by atoms with Crippen LogP contribution in [0.1, 0.15) is 20.3 Å². The Morgan fingerprint density at radius 3 is 2.44 bits per heavy atom. The van der Waals surface area contributed by atoms with Crippen LogP contribution in [0.15, 0.2) is 12.2 Å². The highest BCUT2D eigenvalue weighted by Gasteiger charge is 2.04. The predicted molar refractivity (Wildman–Crippen MR) is 40.0 cm³/mol. The lowest BCUT2D eigenvalue weighted by molar-refractivity contribution is 0.128. The summed E-state index contributed by atoms with van der Waals surface area (Å²) in [5, 5.41) is 9.18. The van der Waals surface area contributed by atoms with E-state index in [1.54, 1.807) is 6.08 Å². The van der Waals surface area contributed by atoms with Gasteiger partial charge in [0.25, 0.3) is 0 Å². The highest BCUT2D eigenvalue weighted by Crippen LogP contribution is 2.05. The molecule has 0 aliphatic carbocycles. The molecule has 9 heavy (non-hydrogen) atoms. The van der Waals surface area contributed by atoms with Crippen molar-refractivity contribution in [2.45, 2.75) is 26.4 Å². The topological polar surface area (TPSA) is 20.2 Å². The van der Waals surface area contributed by atoms with E-state index in [4.69, 9.17) is 0 Å². The lowest BCUT2D eigenvalue weighted by Crippen LogP contribution is -2.12. The number of hydrogen-bond donors (Lipinski definition) is 1. The van der Waals surface area contributed by atoms with Gasteiger partial charge in [-0.25, -0.2) is 0 Å². The van der Waals surface area contributed by atoms with E-state index >= 15 is 0 Å². The third-order valence-corrected chi connectivity index (χ3v) is 1.31. The maximum atomic E-state index is 9.18. The summed E-state index contributed by atoms with van der Waals surface area (Å²) in [6.45, 7) is 7.53. The van der Waals surface area contributed by atoms with Gasteiger partial charge in [0.1, 0.15) is 0 Å². The first-order chi connectivity index (χ1) is 4.18. The molecule has 53 valence electrons. The predicted octanol–water partition coefficient (Wildman–Crippen LogP) is 1.78. The molecular formula is C8H15O. The van der Waals surface area contributed by atoms with Crippen molar-refractivity contribution in [1.29, 1.82) is 0 Å². The Hall–Kier alpha value is -0.300. The van der Waals surface area contributed by atoms with E-state index in [1.165, 1.54) is 0 Å². The van der Waals surface area contributed by atoms with E-state index in [2.05, 4.69) is 6.92 Å². The summed E-state index contributed by atoms with van der Waals surface area (Å²) in [6, 6.07) is 0. The van der Waals surface area contributed by atoms with Crippen LogP contribution in [0.3, 0.4) is 0 Å². The highest BCUT2D eigenvalue weighted by atomic mass is 16.3. The molecule has 0 bridgehead atoms. The van der Waals surface area contributed by atoms with Gasteiger partial charge < -0.3 is 5.11 Å². The molecule has 1 heteroatoms. The zero-order valence-corrected chi connectivity index (χ0v) is 6.17. The molecule has 0 amide bonds. The number of hydrogen-bond acceptors (Lipinski definition) is 1. The van der Waals surface area contributed by atoms with Crippen LogP contribution >= 0.6 is 0 Å². The number of allylic oxidation sites excluding steroid dienone is 1. The average Bonchev–Trinajstić information content (AvgIpc) is 1.82. The molecule has 0 aliphatic rings. The van der Waals surface area contributed by atoms with Gasteiger partial charge in [-0.3, -0.25) is 0 Å². The first-order valence-corrected chi connectivity index (χ1v) is 3.30. The third-order valence-electron chi connectivity index (χ3n) is 1.31. The Labute approximate surface area is 57.4 Å². The van der Waals surface area contributed by atoms with Gasteiger partial charge >= 0.3 is 0 Å². The Kier molecular flexibility index (Phi) is 4.41. The smallest absolute Gasteiger partial charge is 0.0597 e. The SMILES string of the molecule is [CH2]C=CCC(O)C(C)C. The minimum atomic E-state index is -0.206. The van der Waals surface area contributed by atoms with Gasteiger partial charge in [-0.15, -0.1) is 0 Å². The molecule has 1 nitrogen and oxygen atoms in total. The van der Waals surface area contributed by atoms with Crippen molar-refractivity contribution in [2.75, 3.05) is 0 Å². The second-order valence-corrected chi connectivity index (χ2v) is 2.52. The largest absolute Gasteiger partial charge is 0.393 e. The van der Waals surface area contributed by atoms with Crippen LogP contribution in [0.25, 0.3) is 0 Å². The summed E-state index contributed by atoms with van der Waals surface area (Å²) in [5.41, 5.74) is 0. The molecule has 0 rings (SSSR count). The van der Waals surface area contributed by atoms with Gasteiger partial charge in [0.2, 0.25) is 0 Å². The molecule has 0 saturated carbocycles. The minimum absolute atomic E-state index is 0.206. The van der Waals surface area contributed by atoms with Crippen LogP contribution in [-0.2, 0) is 0 Å². The summed E-state index contributed by atoms with van der Waals surface area (Å²) < 4.78 is 0. The van der Waals surface area contributed by atoms with Crippen LogP contribution < -0.4 is 0 Å². The number of aliphatic hydroxyl groups excluding tert-OH is 1. The van der Waals surface area contributed by atoms with Gasteiger partial charge in [0.05, 0.1) is 6.10 Å². The molecule has 1 unspecified atom stereocenters. The summed E-state index contributed by atoms with van der Waals surface area (Å²) in [6.07, 6.45) is 4.11. The van der Waals surface area contributed by atoms with Crippen molar-refractivity contribution in [3.05, 3.63) is 19.1 Å². The molecule has 0 aromatic rings. The molecule has 0 saturated heterocycles. The van der Waals surface area contributed by atoms with Crippen molar-refractivity contribution in [2.24, 2.45) is 5.92 Å². The van der Waals surface area contributed by atoms with Crippen molar-refractivity contribution in [3.63, 3.8) is 0 Å². The van der Waals surface area contributed by atoms with Crippen molar-refractivity contribution >= 4 is 0 Å². The first kappa shape index (κ1) is 8.70. The van der Waals surface area contributed by atoms with Crippen molar-refractivity contribution in [1.82, 2.24) is 0 Å². The Bertz CT molecular complexity index is 84.6. The molecule has 1 radical (unpaired) electrons. The molecule has 0 spiro atoms. The maximum Gasteiger partial charge on any atom is 0.0597 e. The zero-order chi connectivity index (χ0) is 7.28. The highest BCUT2D eigenvalue weighted by molar-refractivity contribution is 4.86. The minimum Gasteiger partial charge on any atom is -0.393 e. The van der Waals surface area contributed by atoms with Crippen LogP contribution in [0, 0.1) is 12.8 Å². The average molecular weight is 127 g/mol. The monoisotopic (exact) mass is 127 g/mol. The van der Waals surface area contributed by atoms with E-state index < -0.39 is 0 Å². The lowest BCUT2D eigenvalue weighted by Gasteiger charge is -2.10. The van der Waals surface area contributed by atoms with E-state index in [-0.39, 0.29) is 6.10 Å². The molecule has 0 fully saturated rings. The first-order valence-electron chi connectivity index (χ1n) is 3.30. The Balaban J connectivity index is 3.38. The van der Waals surface area contributed by atoms with E-state index in [0.717, 1.165) is 6.42 Å². The molecule has 0 aromatic carbocycles. The van der Waals surface area contributed by atoms with Gasteiger partial charge in [-0.1, -0.05) is 26.0 Å². The third kappa shape index (κ3) is 4.22. The standard InChI is InChI=1S/C8H15O/c1-4-5-6-8(9)7(2)3/h4-5,7-9H,1,6H2,2-3H3. The number of aliphatic hydroxyl groups is 1. The molecule has 0 heterocycles. The van der Waals surface area contributed by atoms with Crippen molar-refractivity contribution < 1.29 is 5.11 Å². The summed E-state index contributed by atoms with van der Waals surface area (Å²) >= 11 is 0. The summed E-state index contributed by atoms with van der Waals surface area (Å²) in [4.78, 5) is 0. The molecule has 0 aromatic heterocycles. The van der Waals surface area contributed by atoms with Crippen LogP contribution in [0.2, 0.25) is 0 Å². The second-order valence-electron chi connectivity index (χ2n) is 2.52. The number of rotatable bonds is 3. The van der Waals surface area contributed by atoms with E-state index in [1.807, 2.05) is 19.9 Å². The zero-order valence-electron chi connectivity index (χ0n) is 6.17. The van der Waals surface area contributed by atoms with Crippen LogP contribution in [-0.4, -0.2) is 11.2 Å². The van der Waals surface area contributed by atoms with E-state index in [0.29, 0.717) is 5.92 Å². The second kappa shape index (κ2) is 4.57. The quantitative estimate of drug-likeness (QED) is 0.612. The summed E-state index contributed by atoms with van der Waals surface area (Å²) in [5.74, 6) is 0.348. The normalized spacial score (nSPS) is 15.2. The lowest BCUT2D eigenvalue weighted by atomic mass is 10.0. The molecular weight excluding hydrogens is 112 g/mol. The summed E-state index contributed by atoms with van der Waals surface area (Å²) in [7, 11) is 0. The van der Waals surface area contributed by atoms with Gasteiger partial charge in [0.15, 0.2) is 0 Å². The van der Waals surface area contributed by atoms with Crippen LogP contribution in [0.4, 0.5) is 0 Å². The Morgan fingerprint density at radius 1 is 1.56 bits per heavy atom. The fourth-order valence-electron chi connectivity index (χ4n) is 0.508. The van der Waals surface area contributed by atoms with Crippen molar-refractivity contribution in [3.8, 4) is 0 Å². The van der Waals surface area contributed by atoms with Crippen LogP contribution in [0.5, 0.6) is 0 Å². The van der Waals surface area contributed by atoms with Gasteiger partial charge in [-0.2, -0.15) is 0 Å². The van der Waals surface area contributed by atoms with Gasteiger partial charge in [-0.05, 0) is 19.3 Å². The fourth-order valence-corrected chi connectivity index (χ4v) is 0.508. The maximum absolute atomic E-state index is 9.18. The van der Waals surface area contributed by atoms with E-state index in [9.17, 15) is 5.11 Å². The molecule has 1 atom stereocenters. The molecule has 1 N–H and O–H groups in total. The fraction of sp³-hybridized carbons (Fsp3) is 0.625.